The van der Waals surface area contributed by atoms with Crippen LogP contribution in [0.15, 0.2) is 139 Å². The second-order valence-corrected chi connectivity index (χ2v) is 17.0. The molecule has 0 aliphatic carbocycles. The number of benzene rings is 5. The van der Waals surface area contributed by atoms with E-state index < -0.39 is 0 Å². The lowest BCUT2D eigenvalue weighted by Gasteiger charge is -2.20. The van der Waals surface area contributed by atoms with Gasteiger partial charge in [-0.1, -0.05) is 146 Å². The molecule has 0 saturated carbocycles. The van der Waals surface area contributed by atoms with Gasteiger partial charge in [-0.05, 0) is 79.3 Å². The van der Waals surface area contributed by atoms with Gasteiger partial charge >= 0.3 is 0 Å². The van der Waals surface area contributed by atoms with Crippen LogP contribution >= 0.6 is 0 Å². The van der Waals surface area contributed by atoms with Crippen LogP contribution in [0.2, 0.25) is 0 Å². The van der Waals surface area contributed by atoms with E-state index in [0.29, 0.717) is 26.3 Å². The van der Waals surface area contributed by atoms with E-state index in [1.165, 1.54) is 112 Å². The maximum absolute atomic E-state index is 5.69. The highest BCUT2D eigenvalue weighted by atomic mass is 16.5. The number of anilines is 2. The molecule has 0 radical (unpaired) electrons. The van der Waals surface area contributed by atoms with E-state index in [1.54, 1.807) is 0 Å². The number of nitrogens with zero attached hydrogens (tertiary/aromatic N) is 6. The smallest absolute Gasteiger partial charge is 0.107 e. The Morgan fingerprint density at radius 1 is 0.538 bits per heavy atom. The van der Waals surface area contributed by atoms with E-state index in [0.717, 1.165) is 62.1 Å². The monoisotopic (exact) mass is 871 g/mol. The van der Waals surface area contributed by atoms with E-state index in [9.17, 15) is 0 Å². The minimum absolute atomic E-state index is 0.471. The molecule has 0 atom stereocenters. The molecule has 340 valence electrons. The molecule has 2 aromatic heterocycles. The van der Waals surface area contributed by atoms with Crippen LogP contribution in [-0.2, 0) is 29.0 Å². The summed E-state index contributed by atoms with van der Waals surface area (Å²) in [6.45, 7) is 18.5. The zero-order valence-corrected chi connectivity index (χ0v) is 39.3. The van der Waals surface area contributed by atoms with Gasteiger partial charge in [-0.25, -0.2) is 0 Å². The molecule has 0 bridgehead atoms. The van der Waals surface area contributed by atoms with Crippen molar-refractivity contribution in [1.29, 1.82) is 0 Å². The van der Waals surface area contributed by atoms with Crippen molar-refractivity contribution in [3.8, 4) is 0 Å². The number of hydrazone groups is 2. The fourth-order valence-electron chi connectivity index (χ4n) is 9.36. The van der Waals surface area contributed by atoms with Crippen LogP contribution in [0.5, 0.6) is 0 Å². The van der Waals surface area contributed by atoms with Crippen molar-refractivity contribution < 1.29 is 9.47 Å². The number of hydrogen-bond donors (Lipinski definition) is 0. The highest BCUT2D eigenvalue weighted by Gasteiger charge is 2.26. The number of unbranched alkanes of at least 4 members (excludes halogenated alkanes) is 8. The Morgan fingerprint density at radius 2 is 1.08 bits per heavy atom. The molecule has 8 nitrogen and oxygen atoms in total. The second kappa shape index (κ2) is 24.1. The van der Waals surface area contributed by atoms with Crippen molar-refractivity contribution in [2.75, 3.05) is 36.3 Å². The largest absolute Gasteiger partial charge is 0.500 e. The third kappa shape index (κ3) is 11.2. The molecule has 0 fully saturated rings. The van der Waals surface area contributed by atoms with E-state index in [4.69, 9.17) is 19.7 Å². The maximum Gasteiger partial charge on any atom is 0.107 e. The summed E-state index contributed by atoms with van der Waals surface area (Å²) >= 11 is 0. The Morgan fingerprint density at radius 3 is 1.68 bits per heavy atom. The molecule has 0 unspecified atom stereocenters. The standard InChI is InChI=1S/C57H70N6O2/c1-6-11-14-25-36-60-52-33-24-23-31-48(52)54-51(44-59-63(39-41-65-10-5)47-29-21-17-22-30-47)57-55(49(56(54)60)32-18-13-8-3)50-42-45(34-35-53(50)61(57)37-26-15-12-7-2)43-58-62(38-40-64-9-4)46-27-19-16-20-28-46/h9-10,16-17,19-24,27-31,33-35,42-44H,4-8,11-15,18,25-26,32,36-41H2,1-3H3/b58-43-,59-44+. The van der Waals surface area contributed by atoms with E-state index >= 15 is 0 Å². The number of aryl methyl sites for hydroxylation is 3. The third-order valence-corrected chi connectivity index (χ3v) is 12.5. The number of fused-ring (bicyclic) bond motifs is 6. The lowest BCUT2D eigenvalue weighted by molar-refractivity contribution is 0.258. The Kier molecular flexibility index (Phi) is 17.3. The molecular formula is C57H70N6O2. The topological polar surface area (TPSA) is 59.5 Å². The minimum Gasteiger partial charge on any atom is -0.500 e. The summed E-state index contributed by atoms with van der Waals surface area (Å²) in [6, 6.07) is 36.8. The predicted octanol–water partition coefficient (Wildman–Crippen LogP) is 14.8. The molecule has 7 rings (SSSR count). The molecule has 2 heterocycles. The van der Waals surface area contributed by atoms with Gasteiger partial charge in [0.05, 0.1) is 60.5 Å². The normalized spacial score (nSPS) is 11.8. The molecule has 0 amide bonds. The predicted molar refractivity (Wildman–Crippen MR) is 279 cm³/mol. The van der Waals surface area contributed by atoms with Gasteiger partial charge < -0.3 is 18.6 Å². The Labute approximate surface area is 387 Å². The van der Waals surface area contributed by atoms with Crippen molar-refractivity contribution in [1.82, 2.24) is 9.13 Å². The average Bonchev–Trinajstić information content (AvgIpc) is 3.84. The number of aromatic nitrogens is 2. The van der Waals surface area contributed by atoms with E-state index in [-0.39, 0.29) is 0 Å². The zero-order chi connectivity index (χ0) is 45.2. The highest BCUT2D eigenvalue weighted by molar-refractivity contribution is 6.27. The number of hydrogen-bond acceptors (Lipinski definition) is 6. The molecule has 0 N–H and O–H groups in total. The van der Waals surface area contributed by atoms with Crippen molar-refractivity contribution in [3.63, 3.8) is 0 Å². The Bertz CT molecular complexity index is 2660. The van der Waals surface area contributed by atoms with Gasteiger partial charge in [-0.3, -0.25) is 10.0 Å². The van der Waals surface area contributed by atoms with Gasteiger partial charge in [0, 0.05) is 51.2 Å². The van der Waals surface area contributed by atoms with Gasteiger partial charge in [0.1, 0.15) is 13.2 Å². The summed E-state index contributed by atoms with van der Waals surface area (Å²) in [5.41, 5.74) is 10.9. The lowest BCUT2D eigenvalue weighted by Crippen LogP contribution is -2.21. The van der Waals surface area contributed by atoms with Crippen LogP contribution in [-0.4, -0.2) is 47.9 Å². The van der Waals surface area contributed by atoms with Crippen molar-refractivity contribution in [2.45, 2.75) is 111 Å². The van der Waals surface area contributed by atoms with Gasteiger partial charge in [0.25, 0.3) is 0 Å². The fourth-order valence-corrected chi connectivity index (χ4v) is 9.36. The molecule has 5 aromatic carbocycles. The van der Waals surface area contributed by atoms with Crippen molar-refractivity contribution in [3.05, 3.63) is 146 Å². The third-order valence-electron chi connectivity index (χ3n) is 12.5. The number of para-hydroxylation sites is 3. The minimum atomic E-state index is 0.471. The summed E-state index contributed by atoms with van der Waals surface area (Å²) in [5, 5.41) is 19.8. The Balaban J connectivity index is 1.55. The number of rotatable bonds is 28. The molecule has 0 aliphatic rings. The molecule has 0 aliphatic heterocycles. The van der Waals surface area contributed by atoms with Crippen LogP contribution < -0.4 is 10.0 Å². The van der Waals surface area contributed by atoms with Gasteiger partial charge in [-0.2, -0.15) is 10.2 Å². The first-order valence-electron chi connectivity index (χ1n) is 24.3. The summed E-state index contributed by atoms with van der Waals surface area (Å²) in [6.07, 6.45) is 21.2. The van der Waals surface area contributed by atoms with Crippen LogP contribution in [0.25, 0.3) is 43.6 Å². The fraction of sp³-hybridized carbons (Fsp3) is 0.368. The van der Waals surface area contributed by atoms with Gasteiger partial charge in [0.15, 0.2) is 0 Å². The van der Waals surface area contributed by atoms with Crippen LogP contribution in [0, 0.1) is 0 Å². The summed E-state index contributed by atoms with van der Waals surface area (Å²) < 4.78 is 16.6. The number of ether oxygens (including phenoxy) is 2. The first-order valence-corrected chi connectivity index (χ1v) is 24.3. The van der Waals surface area contributed by atoms with Crippen LogP contribution in [0.4, 0.5) is 11.4 Å². The highest BCUT2D eigenvalue weighted by Crippen LogP contribution is 2.44. The molecule has 8 heteroatoms. The lowest BCUT2D eigenvalue weighted by atomic mass is 9.93. The Hall–Kier alpha value is -6.28. The first kappa shape index (κ1) is 46.7. The average molecular weight is 871 g/mol. The first-order chi connectivity index (χ1) is 32.1. The summed E-state index contributed by atoms with van der Waals surface area (Å²) in [7, 11) is 0. The van der Waals surface area contributed by atoms with Crippen molar-refractivity contribution in [2.24, 2.45) is 10.2 Å². The molecule has 0 spiro atoms. The summed E-state index contributed by atoms with van der Waals surface area (Å²) in [4.78, 5) is 0. The SMILES string of the molecule is C=COCCN(/N=C\c1ccc2c(c1)c1c(CCCCC)c3c(c(/C=N/N(CCOC=C)c4ccccc4)c1n2CCCCCC)c1ccccc1n3CCCCCC)c1ccccc1. The quantitative estimate of drug-likeness (QED) is 0.0213. The van der Waals surface area contributed by atoms with E-state index in [2.05, 4.69) is 139 Å². The molecular weight excluding hydrogens is 801 g/mol. The van der Waals surface area contributed by atoms with Gasteiger partial charge in [-0.15, -0.1) is 0 Å². The molecule has 65 heavy (non-hydrogen) atoms. The maximum atomic E-state index is 5.69. The zero-order valence-electron chi connectivity index (χ0n) is 39.3. The summed E-state index contributed by atoms with van der Waals surface area (Å²) in [5.74, 6) is 0. The second-order valence-electron chi connectivity index (χ2n) is 17.0. The molecule has 0 saturated heterocycles. The molecule has 7 aromatic rings. The van der Waals surface area contributed by atoms with Crippen LogP contribution in [0.3, 0.4) is 0 Å². The van der Waals surface area contributed by atoms with Gasteiger partial charge in [0.2, 0.25) is 0 Å². The van der Waals surface area contributed by atoms with E-state index in [1.807, 2.05) is 29.4 Å². The van der Waals surface area contributed by atoms with Crippen LogP contribution in [0.1, 0.15) is 108 Å². The van der Waals surface area contributed by atoms with Crippen molar-refractivity contribution >= 4 is 67.4 Å².